The summed E-state index contributed by atoms with van der Waals surface area (Å²) in [7, 11) is -7.48. The second kappa shape index (κ2) is 4.50. The van der Waals surface area contributed by atoms with Crippen LogP contribution in [-0.4, -0.2) is 24.9 Å². The highest BCUT2D eigenvalue weighted by Gasteiger charge is 2.39. The molecule has 76 valence electrons. The van der Waals surface area contributed by atoms with Gasteiger partial charge in [0.2, 0.25) is 13.7 Å². The molecule has 6 nitrogen and oxygen atoms in total. The Labute approximate surface area is 76.7 Å². The fraction of sp³-hybridized carbons (Fsp3) is 0.600. The van der Waals surface area contributed by atoms with Gasteiger partial charge >= 0.3 is 7.82 Å². The van der Waals surface area contributed by atoms with E-state index in [-0.39, 0.29) is 0 Å². The molecule has 1 unspecified atom stereocenters. The summed E-state index contributed by atoms with van der Waals surface area (Å²) in [5.41, 5.74) is 0. The van der Waals surface area contributed by atoms with Gasteiger partial charge in [-0.25, -0.2) is 4.57 Å². The summed E-state index contributed by atoms with van der Waals surface area (Å²) in [4.78, 5) is 34.5. The van der Waals surface area contributed by atoms with Crippen molar-refractivity contribution in [2.75, 3.05) is 0 Å². The van der Waals surface area contributed by atoms with Crippen LogP contribution in [0, 0.1) is 11.8 Å². The molecule has 0 aromatic rings. The van der Waals surface area contributed by atoms with Gasteiger partial charge in [-0.2, -0.15) is 0 Å². The SMILES string of the molecule is CC#CC(C)(OP(=O)(O)O)P(O)O. The third-order valence-electron chi connectivity index (χ3n) is 1.04. The predicted octanol–water partition coefficient (Wildman–Crippen LogP) is 0.132. The third kappa shape index (κ3) is 4.70. The van der Waals surface area contributed by atoms with Crippen molar-refractivity contribution in [3.05, 3.63) is 0 Å². The minimum atomic E-state index is -4.78. The molecule has 0 aliphatic rings. The summed E-state index contributed by atoms with van der Waals surface area (Å²) < 4.78 is 14.6. The molecule has 0 spiro atoms. The van der Waals surface area contributed by atoms with Crippen LogP contribution in [0.5, 0.6) is 0 Å². The van der Waals surface area contributed by atoms with Gasteiger partial charge in [-0.3, -0.25) is 4.52 Å². The van der Waals surface area contributed by atoms with Crippen molar-refractivity contribution in [3.8, 4) is 11.8 Å². The summed E-state index contributed by atoms with van der Waals surface area (Å²) in [6, 6.07) is 0. The summed E-state index contributed by atoms with van der Waals surface area (Å²) in [5.74, 6) is 4.47. The maximum Gasteiger partial charge on any atom is 0.471 e. The van der Waals surface area contributed by atoms with Crippen molar-refractivity contribution in [2.24, 2.45) is 0 Å². The van der Waals surface area contributed by atoms with Gasteiger partial charge < -0.3 is 19.6 Å². The van der Waals surface area contributed by atoms with Gasteiger partial charge in [-0.1, -0.05) is 5.92 Å². The van der Waals surface area contributed by atoms with Crippen molar-refractivity contribution in [2.45, 2.75) is 19.2 Å². The van der Waals surface area contributed by atoms with E-state index in [2.05, 4.69) is 16.4 Å². The van der Waals surface area contributed by atoms with E-state index in [4.69, 9.17) is 19.6 Å². The molecule has 0 bridgehead atoms. The molecule has 0 aliphatic carbocycles. The van der Waals surface area contributed by atoms with Gasteiger partial charge in [0.05, 0.1) is 0 Å². The van der Waals surface area contributed by atoms with E-state index in [1.165, 1.54) is 6.92 Å². The zero-order valence-corrected chi connectivity index (χ0v) is 8.79. The second-order valence-corrected chi connectivity index (χ2v) is 4.83. The maximum atomic E-state index is 10.4. The normalized spacial score (nSPS) is 16.2. The molecule has 0 aromatic carbocycles. The molecule has 0 fully saturated rings. The quantitative estimate of drug-likeness (QED) is 0.404. The Balaban J connectivity index is 4.79. The summed E-state index contributed by atoms with van der Waals surface area (Å²) in [6.45, 7) is 2.48. The van der Waals surface area contributed by atoms with Crippen molar-refractivity contribution in [1.29, 1.82) is 0 Å². The molecule has 0 saturated carbocycles. The first-order valence-electron chi connectivity index (χ1n) is 3.09. The van der Waals surface area contributed by atoms with E-state index in [9.17, 15) is 4.57 Å². The highest BCUT2D eigenvalue weighted by atomic mass is 31.2. The Kier molecular flexibility index (Phi) is 4.50. The molecule has 0 heterocycles. The molecule has 4 N–H and O–H groups in total. The first-order valence-corrected chi connectivity index (χ1v) is 5.87. The Morgan fingerprint density at radius 3 is 2.15 bits per heavy atom. The van der Waals surface area contributed by atoms with Crippen LogP contribution in [0.4, 0.5) is 0 Å². The van der Waals surface area contributed by atoms with Crippen LogP contribution in [0.2, 0.25) is 0 Å². The lowest BCUT2D eigenvalue weighted by molar-refractivity contribution is 0.139. The number of rotatable bonds is 3. The minimum absolute atomic E-state index is 1.09. The molecule has 13 heavy (non-hydrogen) atoms. The molecule has 0 saturated heterocycles. The van der Waals surface area contributed by atoms with E-state index in [1.54, 1.807) is 0 Å². The molecule has 0 aliphatic heterocycles. The third-order valence-corrected chi connectivity index (χ3v) is 2.75. The standard InChI is InChI=1S/C5H10O6P2/c1-3-4-5(2,12(6)7)11-13(8,9)10/h6-7H,1-2H3,(H2,8,9,10). The van der Waals surface area contributed by atoms with Crippen LogP contribution < -0.4 is 0 Å². The van der Waals surface area contributed by atoms with E-state index in [0.29, 0.717) is 0 Å². The van der Waals surface area contributed by atoms with Gasteiger partial charge in [0.25, 0.3) is 0 Å². The van der Waals surface area contributed by atoms with Gasteiger partial charge in [-0.05, 0) is 13.8 Å². The lowest BCUT2D eigenvalue weighted by Crippen LogP contribution is -2.22. The van der Waals surface area contributed by atoms with Crippen LogP contribution in [0.25, 0.3) is 0 Å². The molecule has 0 amide bonds. The number of hydrogen-bond acceptors (Lipinski definition) is 4. The maximum absolute atomic E-state index is 10.4. The van der Waals surface area contributed by atoms with Crippen molar-refractivity contribution in [1.82, 2.24) is 0 Å². The Morgan fingerprint density at radius 1 is 1.46 bits per heavy atom. The average Bonchev–Trinajstić information content (AvgIpc) is 1.82. The minimum Gasteiger partial charge on any atom is -0.347 e. The highest BCUT2D eigenvalue weighted by molar-refractivity contribution is 7.50. The van der Waals surface area contributed by atoms with Crippen LogP contribution >= 0.6 is 16.2 Å². The Hall–Kier alpha value is 0.0200. The van der Waals surface area contributed by atoms with Gasteiger partial charge in [0.15, 0.2) is 0 Å². The van der Waals surface area contributed by atoms with Gasteiger partial charge in [0.1, 0.15) is 0 Å². The molecular weight excluding hydrogens is 218 g/mol. The Bertz CT molecular complexity index is 272. The van der Waals surface area contributed by atoms with Crippen molar-refractivity contribution in [3.63, 3.8) is 0 Å². The van der Waals surface area contributed by atoms with Crippen LogP contribution in [0.15, 0.2) is 0 Å². The largest absolute Gasteiger partial charge is 0.471 e. The second-order valence-electron chi connectivity index (χ2n) is 2.23. The molecule has 1 atom stereocenters. The van der Waals surface area contributed by atoms with E-state index in [0.717, 1.165) is 6.92 Å². The average molecular weight is 228 g/mol. The molecular formula is C5H10O6P2. The summed E-state index contributed by atoms with van der Waals surface area (Å²) in [6.07, 6.45) is 0. The zero-order valence-electron chi connectivity index (χ0n) is 7.00. The van der Waals surface area contributed by atoms with Crippen molar-refractivity contribution < 1.29 is 28.7 Å². The fourth-order valence-electron chi connectivity index (χ4n) is 0.573. The predicted molar refractivity (Wildman–Crippen MR) is 46.3 cm³/mol. The monoisotopic (exact) mass is 228 g/mol. The van der Waals surface area contributed by atoms with Gasteiger partial charge in [0, 0.05) is 0 Å². The lowest BCUT2D eigenvalue weighted by atomic mass is 10.4. The number of phosphoric ester groups is 1. The fourth-order valence-corrected chi connectivity index (χ4v) is 1.90. The smallest absolute Gasteiger partial charge is 0.347 e. The molecule has 0 rings (SSSR count). The van der Waals surface area contributed by atoms with E-state index >= 15 is 0 Å². The highest BCUT2D eigenvalue weighted by Crippen LogP contribution is 2.52. The van der Waals surface area contributed by atoms with Gasteiger partial charge in [-0.15, -0.1) is 5.92 Å². The van der Waals surface area contributed by atoms with Crippen LogP contribution in [-0.2, 0) is 9.09 Å². The molecule has 0 aromatic heterocycles. The summed E-state index contributed by atoms with van der Waals surface area (Å²) >= 11 is 0. The van der Waals surface area contributed by atoms with Crippen LogP contribution in [0.3, 0.4) is 0 Å². The van der Waals surface area contributed by atoms with E-state index in [1.807, 2.05) is 0 Å². The zero-order chi connectivity index (χ0) is 10.7. The lowest BCUT2D eigenvalue weighted by Gasteiger charge is -2.24. The summed E-state index contributed by atoms with van der Waals surface area (Å²) in [5, 5.41) is -1.91. The van der Waals surface area contributed by atoms with E-state index < -0.39 is 21.5 Å². The Morgan fingerprint density at radius 2 is 1.92 bits per heavy atom. The molecule has 0 radical (unpaired) electrons. The topological polar surface area (TPSA) is 107 Å². The first kappa shape index (κ1) is 13.0. The number of phosphoric acid groups is 1. The molecule has 8 heteroatoms. The van der Waals surface area contributed by atoms with Crippen LogP contribution in [0.1, 0.15) is 13.8 Å². The first-order chi connectivity index (χ1) is 5.71. The van der Waals surface area contributed by atoms with Crippen molar-refractivity contribution >= 4 is 16.2 Å². The number of hydrogen-bond donors (Lipinski definition) is 4.